The van der Waals surface area contributed by atoms with E-state index in [1.54, 1.807) is 0 Å². The third-order valence-corrected chi connectivity index (χ3v) is 3.35. The number of hydrogen-bond acceptors (Lipinski definition) is 3. The number of carbonyl (C=O) groups excluding carboxylic acids is 1. The molecule has 19 heavy (non-hydrogen) atoms. The molecule has 2 atom stereocenters. The lowest BCUT2D eigenvalue weighted by molar-refractivity contribution is 0.00521. The molecule has 0 aliphatic carbocycles. The predicted octanol–water partition coefficient (Wildman–Crippen LogP) is 3.16. The van der Waals surface area contributed by atoms with E-state index in [0.29, 0.717) is 12.1 Å². The lowest BCUT2D eigenvalue weighted by atomic mass is 9.96. The van der Waals surface area contributed by atoms with Gasteiger partial charge in [-0.2, -0.15) is 0 Å². The Bertz CT molecular complexity index is 297. The monoisotopic (exact) mass is 270 g/mol. The van der Waals surface area contributed by atoms with Crippen molar-refractivity contribution in [1.29, 1.82) is 0 Å². The van der Waals surface area contributed by atoms with Crippen LogP contribution in [-0.4, -0.2) is 41.3 Å². The van der Waals surface area contributed by atoms with Crippen molar-refractivity contribution in [3.05, 3.63) is 0 Å². The summed E-state index contributed by atoms with van der Waals surface area (Å²) in [5, 5.41) is 3.51. The van der Waals surface area contributed by atoms with Crippen molar-refractivity contribution in [2.24, 2.45) is 0 Å². The van der Waals surface area contributed by atoms with Gasteiger partial charge in [0.15, 0.2) is 0 Å². The largest absolute Gasteiger partial charge is 0.444 e. The van der Waals surface area contributed by atoms with Crippen molar-refractivity contribution in [1.82, 2.24) is 10.2 Å². The quantitative estimate of drug-likeness (QED) is 0.856. The zero-order chi connectivity index (χ0) is 14.6. The highest BCUT2D eigenvalue weighted by Crippen LogP contribution is 2.22. The molecule has 0 unspecified atom stereocenters. The molecule has 112 valence electrons. The summed E-state index contributed by atoms with van der Waals surface area (Å²) in [7, 11) is 0. The zero-order valence-corrected chi connectivity index (χ0v) is 13.3. The van der Waals surface area contributed by atoms with Crippen LogP contribution in [0.15, 0.2) is 0 Å². The summed E-state index contributed by atoms with van der Waals surface area (Å²) in [6.07, 6.45) is 3.15. The Hall–Kier alpha value is -0.770. The van der Waals surface area contributed by atoms with E-state index in [1.807, 2.05) is 25.7 Å². The third kappa shape index (κ3) is 5.39. The molecule has 0 aromatic heterocycles. The number of piperidine rings is 1. The van der Waals surface area contributed by atoms with E-state index >= 15 is 0 Å². The molecule has 4 nitrogen and oxygen atoms in total. The van der Waals surface area contributed by atoms with E-state index in [2.05, 4.69) is 26.1 Å². The Balaban J connectivity index is 2.69. The van der Waals surface area contributed by atoms with E-state index in [0.717, 1.165) is 19.4 Å². The lowest BCUT2D eigenvalue weighted by Crippen LogP contribution is -2.55. The van der Waals surface area contributed by atoms with Gasteiger partial charge in [0.25, 0.3) is 0 Å². The van der Waals surface area contributed by atoms with Gasteiger partial charge in [0.1, 0.15) is 5.60 Å². The molecular formula is C15H30N2O2. The molecule has 0 saturated carbocycles. The van der Waals surface area contributed by atoms with E-state index in [4.69, 9.17) is 4.74 Å². The van der Waals surface area contributed by atoms with Gasteiger partial charge in [-0.25, -0.2) is 4.79 Å². The van der Waals surface area contributed by atoms with Crippen molar-refractivity contribution >= 4 is 6.09 Å². The van der Waals surface area contributed by atoms with Gasteiger partial charge in [0.05, 0.1) is 6.04 Å². The second kappa shape index (κ2) is 6.60. The van der Waals surface area contributed by atoms with E-state index in [-0.39, 0.29) is 12.1 Å². The van der Waals surface area contributed by atoms with Crippen molar-refractivity contribution in [3.63, 3.8) is 0 Å². The topological polar surface area (TPSA) is 41.6 Å². The second-order valence-corrected chi connectivity index (χ2v) is 6.85. The molecule has 4 heteroatoms. The second-order valence-electron chi connectivity index (χ2n) is 6.85. The van der Waals surface area contributed by atoms with Gasteiger partial charge < -0.3 is 15.0 Å². The summed E-state index contributed by atoms with van der Waals surface area (Å²) >= 11 is 0. The van der Waals surface area contributed by atoms with Crippen molar-refractivity contribution in [2.75, 3.05) is 6.54 Å². The van der Waals surface area contributed by atoms with Gasteiger partial charge in [-0.1, -0.05) is 13.8 Å². The van der Waals surface area contributed by atoms with Crippen molar-refractivity contribution in [3.8, 4) is 0 Å². The Morgan fingerprint density at radius 2 is 1.89 bits per heavy atom. The Morgan fingerprint density at radius 3 is 2.42 bits per heavy atom. The Morgan fingerprint density at radius 1 is 1.26 bits per heavy atom. The highest BCUT2D eigenvalue weighted by molar-refractivity contribution is 5.68. The fourth-order valence-electron chi connectivity index (χ4n) is 2.66. The number of likely N-dealkylation sites (tertiary alicyclic amines) is 1. The van der Waals surface area contributed by atoms with E-state index in [1.165, 1.54) is 6.42 Å². The first-order chi connectivity index (χ1) is 8.70. The predicted molar refractivity (Wildman–Crippen MR) is 78.3 cm³/mol. The number of nitrogens with one attached hydrogen (secondary N) is 1. The number of nitrogens with zero attached hydrogens (tertiary/aromatic N) is 1. The van der Waals surface area contributed by atoms with Gasteiger partial charge in [-0.3, -0.25) is 0 Å². The molecule has 1 saturated heterocycles. The van der Waals surface area contributed by atoms with Crippen LogP contribution < -0.4 is 5.32 Å². The average molecular weight is 270 g/mol. The number of hydrogen-bond donors (Lipinski definition) is 1. The van der Waals surface area contributed by atoms with Crippen LogP contribution in [0.1, 0.15) is 60.8 Å². The molecule has 0 aromatic rings. The molecule has 0 spiro atoms. The maximum Gasteiger partial charge on any atom is 0.410 e. The van der Waals surface area contributed by atoms with Crippen LogP contribution in [-0.2, 0) is 4.74 Å². The van der Waals surface area contributed by atoms with Crippen LogP contribution in [0.25, 0.3) is 0 Å². The molecule has 0 radical (unpaired) electrons. The molecule has 0 bridgehead atoms. The molecular weight excluding hydrogens is 240 g/mol. The van der Waals surface area contributed by atoms with Crippen LogP contribution in [0.2, 0.25) is 0 Å². The molecule has 1 N–H and O–H groups in total. The molecule has 1 amide bonds. The van der Waals surface area contributed by atoms with E-state index < -0.39 is 5.60 Å². The van der Waals surface area contributed by atoms with Crippen molar-refractivity contribution < 1.29 is 9.53 Å². The number of rotatable bonds is 3. The summed E-state index contributed by atoms with van der Waals surface area (Å²) < 4.78 is 5.52. The number of ether oxygens (including phenoxy) is 1. The minimum atomic E-state index is -0.423. The SMILES string of the molecule is CC(C)N[C@H](C)[C@H]1CCCCN1C(=O)OC(C)(C)C. The Kier molecular flexibility index (Phi) is 5.65. The molecule has 1 heterocycles. The van der Waals surface area contributed by atoms with Crippen LogP contribution in [0, 0.1) is 0 Å². The average Bonchev–Trinajstić information content (AvgIpc) is 2.25. The summed E-state index contributed by atoms with van der Waals surface area (Å²) in [5.41, 5.74) is -0.423. The first-order valence-corrected chi connectivity index (χ1v) is 7.46. The first kappa shape index (κ1) is 16.3. The van der Waals surface area contributed by atoms with E-state index in [9.17, 15) is 4.79 Å². The molecule has 1 aliphatic rings. The molecule has 1 rings (SSSR count). The van der Waals surface area contributed by atoms with Gasteiger partial charge >= 0.3 is 6.09 Å². The minimum absolute atomic E-state index is 0.172. The molecule has 0 aromatic carbocycles. The van der Waals surface area contributed by atoms with Crippen molar-refractivity contribution in [2.45, 2.75) is 84.5 Å². The van der Waals surface area contributed by atoms with Gasteiger partial charge in [-0.05, 0) is 47.0 Å². The summed E-state index contributed by atoms with van der Waals surface area (Å²) in [6.45, 7) is 13.0. The van der Waals surface area contributed by atoms with Crippen LogP contribution in [0.5, 0.6) is 0 Å². The van der Waals surface area contributed by atoms with Crippen LogP contribution >= 0.6 is 0 Å². The van der Waals surface area contributed by atoms with Gasteiger partial charge in [0, 0.05) is 18.6 Å². The standard InChI is InChI=1S/C15H30N2O2/c1-11(2)16-12(3)13-9-7-8-10-17(13)14(18)19-15(4,5)6/h11-13,16H,7-10H2,1-6H3/t12-,13-/m1/s1. The highest BCUT2D eigenvalue weighted by atomic mass is 16.6. The highest BCUT2D eigenvalue weighted by Gasteiger charge is 2.33. The third-order valence-electron chi connectivity index (χ3n) is 3.35. The number of carbonyl (C=O) groups is 1. The molecule has 1 fully saturated rings. The zero-order valence-electron chi connectivity index (χ0n) is 13.3. The lowest BCUT2D eigenvalue weighted by Gasteiger charge is -2.40. The summed E-state index contributed by atoms with van der Waals surface area (Å²) in [4.78, 5) is 14.2. The fraction of sp³-hybridized carbons (Fsp3) is 0.933. The van der Waals surface area contributed by atoms with Crippen LogP contribution in [0.3, 0.4) is 0 Å². The maximum atomic E-state index is 12.3. The summed E-state index contributed by atoms with van der Waals surface area (Å²) in [5.74, 6) is 0. The smallest absolute Gasteiger partial charge is 0.410 e. The number of amides is 1. The van der Waals surface area contributed by atoms with Gasteiger partial charge in [-0.15, -0.1) is 0 Å². The Labute approximate surface area is 117 Å². The minimum Gasteiger partial charge on any atom is -0.444 e. The first-order valence-electron chi connectivity index (χ1n) is 7.46. The van der Waals surface area contributed by atoms with Crippen LogP contribution in [0.4, 0.5) is 4.79 Å². The maximum absolute atomic E-state index is 12.3. The van der Waals surface area contributed by atoms with Gasteiger partial charge in [0.2, 0.25) is 0 Å². The fourth-order valence-corrected chi connectivity index (χ4v) is 2.66. The molecule has 1 aliphatic heterocycles. The summed E-state index contributed by atoms with van der Waals surface area (Å²) in [6, 6.07) is 0.969. The normalized spacial score (nSPS) is 22.5.